The Morgan fingerprint density at radius 3 is 2.43 bits per heavy atom. The minimum absolute atomic E-state index is 0.371. The SMILES string of the molecule is COC(=O)[C@@](Cl)(C=O)c1ccccc1. The van der Waals surface area contributed by atoms with Crippen molar-refractivity contribution in [2.75, 3.05) is 7.11 Å². The number of aldehydes is 1. The Morgan fingerprint density at radius 2 is 2.00 bits per heavy atom. The molecule has 14 heavy (non-hydrogen) atoms. The van der Waals surface area contributed by atoms with Crippen molar-refractivity contribution in [1.29, 1.82) is 0 Å². The zero-order valence-corrected chi connectivity index (χ0v) is 8.32. The van der Waals surface area contributed by atoms with Gasteiger partial charge >= 0.3 is 5.97 Å². The molecule has 4 heteroatoms. The summed E-state index contributed by atoms with van der Waals surface area (Å²) in [6, 6.07) is 8.34. The van der Waals surface area contributed by atoms with Crippen LogP contribution in [0.3, 0.4) is 0 Å². The van der Waals surface area contributed by atoms with Gasteiger partial charge in [0, 0.05) is 0 Å². The molecule has 0 heterocycles. The molecule has 1 aromatic rings. The Balaban J connectivity index is 3.14. The number of carbonyl (C=O) groups excluding carboxylic acids is 2. The summed E-state index contributed by atoms with van der Waals surface area (Å²) >= 11 is 5.86. The lowest BCUT2D eigenvalue weighted by Gasteiger charge is -2.17. The number of esters is 1. The van der Waals surface area contributed by atoms with Gasteiger partial charge in [0.2, 0.25) is 4.87 Å². The van der Waals surface area contributed by atoms with Crippen LogP contribution in [0.5, 0.6) is 0 Å². The molecule has 3 nitrogen and oxygen atoms in total. The molecule has 0 amide bonds. The zero-order valence-electron chi connectivity index (χ0n) is 7.57. The molecule has 0 N–H and O–H groups in total. The van der Waals surface area contributed by atoms with Crippen LogP contribution in [0.2, 0.25) is 0 Å². The fourth-order valence-corrected chi connectivity index (χ4v) is 1.27. The van der Waals surface area contributed by atoms with Crippen LogP contribution in [0.15, 0.2) is 30.3 Å². The maximum absolute atomic E-state index is 11.3. The van der Waals surface area contributed by atoms with E-state index in [-0.39, 0.29) is 0 Å². The van der Waals surface area contributed by atoms with E-state index in [9.17, 15) is 9.59 Å². The highest BCUT2D eigenvalue weighted by Crippen LogP contribution is 2.27. The second-order valence-corrected chi connectivity index (χ2v) is 3.28. The van der Waals surface area contributed by atoms with Gasteiger partial charge in [-0.05, 0) is 5.56 Å². The van der Waals surface area contributed by atoms with Gasteiger partial charge in [-0.3, -0.25) is 0 Å². The Hall–Kier alpha value is -1.35. The first-order valence-corrected chi connectivity index (χ1v) is 4.32. The molecule has 74 valence electrons. The summed E-state index contributed by atoms with van der Waals surface area (Å²) in [6.07, 6.45) is 0.371. The number of methoxy groups -OCH3 is 1. The lowest BCUT2D eigenvalue weighted by molar-refractivity contribution is -0.145. The van der Waals surface area contributed by atoms with Crippen LogP contribution in [0.4, 0.5) is 0 Å². The highest BCUT2D eigenvalue weighted by Gasteiger charge is 2.39. The van der Waals surface area contributed by atoms with Crippen molar-refractivity contribution in [1.82, 2.24) is 0 Å². The summed E-state index contributed by atoms with van der Waals surface area (Å²) in [5.41, 5.74) is 0.406. The van der Waals surface area contributed by atoms with Crippen molar-refractivity contribution in [3.63, 3.8) is 0 Å². The maximum atomic E-state index is 11.3. The lowest BCUT2D eigenvalue weighted by atomic mass is 10.0. The third-order valence-electron chi connectivity index (χ3n) is 1.84. The molecule has 1 aromatic carbocycles. The highest BCUT2D eigenvalue weighted by molar-refractivity contribution is 6.42. The number of rotatable bonds is 3. The molecule has 0 saturated carbocycles. The van der Waals surface area contributed by atoms with Crippen molar-refractivity contribution >= 4 is 23.9 Å². The van der Waals surface area contributed by atoms with Gasteiger partial charge in [0.15, 0.2) is 6.29 Å². The van der Waals surface area contributed by atoms with Crippen LogP contribution in [0.25, 0.3) is 0 Å². The minimum Gasteiger partial charge on any atom is -0.467 e. The highest BCUT2D eigenvalue weighted by atomic mass is 35.5. The third-order valence-corrected chi connectivity index (χ3v) is 2.30. The van der Waals surface area contributed by atoms with Crippen LogP contribution in [0, 0.1) is 0 Å². The van der Waals surface area contributed by atoms with E-state index in [1.807, 2.05) is 0 Å². The Morgan fingerprint density at radius 1 is 1.43 bits per heavy atom. The van der Waals surface area contributed by atoms with E-state index >= 15 is 0 Å². The normalized spacial score (nSPS) is 14.1. The van der Waals surface area contributed by atoms with Crippen LogP contribution in [0.1, 0.15) is 5.56 Å². The van der Waals surface area contributed by atoms with Gasteiger partial charge < -0.3 is 9.53 Å². The third kappa shape index (κ3) is 1.77. The summed E-state index contributed by atoms with van der Waals surface area (Å²) < 4.78 is 4.46. The largest absolute Gasteiger partial charge is 0.467 e. The first kappa shape index (κ1) is 10.7. The molecule has 0 aliphatic rings. The van der Waals surface area contributed by atoms with Gasteiger partial charge in [0.25, 0.3) is 0 Å². The second kappa shape index (κ2) is 4.24. The second-order valence-electron chi connectivity index (χ2n) is 2.69. The monoisotopic (exact) mass is 212 g/mol. The van der Waals surface area contributed by atoms with Crippen LogP contribution >= 0.6 is 11.6 Å². The fourth-order valence-electron chi connectivity index (χ4n) is 1.06. The molecular weight excluding hydrogens is 204 g/mol. The molecule has 0 fully saturated rings. The van der Waals surface area contributed by atoms with E-state index in [4.69, 9.17) is 11.6 Å². The predicted octanol–water partition coefficient (Wildman–Crippen LogP) is 1.49. The Kier molecular flexibility index (Phi) is 3.25. The van der Waals surface area contributed by atoms with Crippen LogP contribution < -0.4 is 0 Å². The summed E-state index contributed by atoms with van der Waals surface area (Å²) in [7, 11) is 1.19. The average molecular weight is 213 g/mol. The van der Waals surface area contributed by atoms with Crippen molar-refractivity contribution in [2.45, 2.75) is 4.87 Å². The smallest absolute Gasteiger partial charge is 0.339 e. The van der Waals surface area contributed by atoms with E-state index in [0.717, 1.165) is 0 Å². The zero-order chi connectivity index (χ0) is 10.6. The molecule has 0 saturated heterocycles. The van der Waals surface area contributed by atoms with Gasteiger partial charge in [0.05, 0.1) is 7.11 Å². The molecule has 0 unspecified atom stereocenters. The Labute approximate surface area is 86.6 Å². The van der Waals surface area contributed by atoms with E-state index in [1.165, 1.54) is 7.11 Å². The number of hydrogen-bond acceptors (Lipinski definition) is 3. The van der Waals surface area contributed by atoms with Crippen molar-refractivity contribution < 1.29 is 14.3 Å². The maximum Gasteiger partial charge on any atom is 0.339 e. The van der Waals surface area contributed by atoms with E-state index in [0.29, 0.717) is 11.8 Å². The first-order chi connectivity index (χ1) is 6.65. The van der Waals surface area contributed by atoms with Gasteiger partial charge in [-0.2, -0.15) is 0 Å². The number of hydrogen-bond donors (Lipinski definition) is 0. The molecule has 0 aromatic heterocycles. The van der Waals surface area contributed by atoms with Gasteiger partial charge in [0.1, 0.15) is 0 Å². The summed E-state index contributed by atoms with van der Waals surface area (Å²) in [6.45, 7) is 0. The van der Waals surface area contributed by atoms with Crippen molar-refractivity contribution in [3.05, 3.63) is 35.9 Å². The van der Waals surface area contributed by atoms with E-state index in [2.05, 4.69) is 4.74 Å². The number of carbonyl (C=O) groups is 2. The topological polar surface area (TPSA) is 43.4 Å². The van der Waals surface area contributed by atoms with Crippen molar-refractivity contribution in [2.24, 2.45) is 0 Å². The number of halogens is 1. The molecule has 0 spiro atoms. The molecule has 0 bridgehead atoms. The van der Waals surface area contributed by atoms with Crippen LogP contribution in [-0.2, 0) is 19.2 Å². The Bertz CT molecular complexity index is 336. The number of benzene rings is 1. The summed E-state index contributed by atoms with van der Waals surface area (Å²) in [4.78, 5) is 20.3. The lowest BCUT2D eigenvalue weighted by Crippen LogP contribution is -2.32. The van der Waals surface area contributed by atoms with Gasteiger partial charge in [-0.25, -0.2) is 4.79 Å². The minimum atomic E-state index is -1.73. The first-order valence-electron chi connectivity index (χ1n) is 3.94. The molecular formula is C10H9ClO3. The fraction of sp³-hybridized carbons (Fsp3) is 0.200. The quantitative estimate of drug-likeness (QED) is 0.330. The van der Waals surface area contributed by atoms with Crippen LogP contribution in [-0.4, -0.2) is 19.4 Å². The van der Waals surface area contributed by atoms with Gasteiger partial charge in [-0.1, -0.05) is 41.9 Å². The molecule has 1 atom stereocenters. The standard InChI is InChI=1S/C10H9ClO3/c1-14-9(13)10(11,7-12)8-5-3-2-4-6-8/h2-7H,1H3/t10-/m1/s1. The molecule has 0 radical (unpaired) electrons. The van der Waals surface area contributed by atoms with Gasteiger partial charge in [-0.15, -0.1) is 0 Å². The number of alkyl halides is 1. The average Bonchev–Trinajstić information content (AvgIpc) is 2.28. The number of ether oxygens (including phenoxy) is 1. The predicted molar refractivity (Wildman–Crippen MR) is 52.1 cm³/mol. The molecule has 0 aliphatic carbocycles. The summed E-state index contributed by atoms with van der Waals surface area (Å²) in [5.74, 6) is -0.777. The van der Waals surface area contributed by atoms with E-state index < -0.39 is 10.8 Å². The van der Waals surface area contributed by atoms with E-state index in [1.54, 1.807) is 30.3 Å². The molecule has 0 aliphatic heterocycles. The molecule has 1 rings (SSSR count). The summed E-state index contributed by atoms with van der Waals surface area (Å²) in [5, 5.41) is 0. The van der Waals surface area contributed by atoms with Crippen molar-refractivity contribution in [3.8, 4) is 0 Å².